The molecule has 0 rings (SSSR count). The quantitative estimate of drug-likeness (QED) is 0.456. The van der Waals surface area contributed by atoms with Crippen LogP contribution in [0.2, 0.25) is 0 Å². The van der Waals surface area contributed by atoms with Crippen LogP contribution in [0.4, 0.5) is 0 Å². The topological polar surface area (TPSA) is 61.4 Å². The van der Waals surface area contributed by atoms with Gasteiger partial charge in [-0.3, -0.25) is 4.79 Å². The number of aliphatic hydroxyl groups is 1. The summed E-state index contributed by atoms with van der Waals surface area (Å²) in [5.41, 5.74) is 0. The van der Waals surface area contributed by atoms with E-state index >= 15 is 0 Å². The molecule has 4 heteroatoms. The number of rotatable bonds is 5. The highest BCUT2D eigenvalue weighted by Crippen LogP contribution is 1.84. The molecule has 0 aliphatic heterocycles. The molecule has 1 atom stereocenters. The monoisotopic (exact) mass is 160 g/mol. The molecule has 0 radical (unpaired) electrons. The summed E-state index contributed by atoms with van der Waals surface area (Å²) >= 11 is 0. The Labute approximate surface area is 67.0 Å². The average Bonchev–Trinajstić information content (AvgIpc) is 1.97. The van der Waals surface area contributed by atoms with Crippen LogP contribution in [0.5, 0.6) is 0 Å². The van der Waals surface area contributed by atoms with Crippen LogP contribution < -0.4 is 10.6 Å². The molecule has 0 heterocycles. The Balaban J connectivity index is 3.08. The zero-order valence-electron chi connectivity index (χ0n) is 7.05. The predicted molar refractivity (Wildman–Crippen MR) is 43.2 cm³/mol. The largest absolute Gasteiger partial charge is 0.393 e. The summed E-state index contributed by atoms with van der Waals surface area (Å²) in [6.45, 7) is 2.72. The van der Waals surface area contributed by atoms with Gasteiger partial charge in [0.05, 0.1) is 12.6 Å². The molecule has 1 amide bonds. The predicted octanol–water partition coefficient (Wildman–Crippen LogP) is -0.907. The minimum atomic E-state index is -0.299. The molecular weight excluding hydrogens is 144 g/mol. The maximum atomic E-state index is 10.6. The Morgan fingerprint density at radius 2 is 2.27 bits per heavy atom. The van der Waals surface area contributed by atoms with Crippen molar-refractivity contribution in [1.82, 2.24) is 10.6 Å². The lowest BCUT2D eigenvalue weighted by Crippen LogP contribution is -2.32. The van der Waals surface area contributed by atoms with Crippen LogP contribution in [-0.2, 0) is 4.79 Å². The summed E-state index contributed by atoms with van der Waals surface area (Å²) < 4.78 is 0. The van der Waals surface area contributed by atoms with Gasteiger partial charge in [-0.25, -0.2) is 0 Å². The van der Waals surface area contributed by atoms with Crippen LogP contribution >= 0.6 is 0 Å². The van der Waals surface area contributed by atoms with Crippen LogP contribution in [0.3, 0.4) is 0 Å². The van der Waals surface area contributed by atoms with Crippen LogP contribution in [0.15, 0.2) is 0 Å². The van der Waals surface area contributed by atoms with Crippen molar-refractivity contribution in [2.75, 3.05) is 20.1 Å². The molecule has 11 heavy (non-hydrogen) atoms. The van der Waals surface area contributed by atoms with E-state index in [0.29, 0.717) is 19.5 Å². The molecule has 0 aromatic rings. The minimum absolute atomic E-state index is 0.0319. The number of carbonyl (C=O) groups is 1. The highest BCUT2D eigenvalue weighted by atomic mass is 16.3. The molecule has 4 nitrogen and oxygen atoms in total. The van der Waals surface area contributed by atoms with Crippen molar-refractivity contribution in [3.63, 3.8) is 0 Å². The Hall–Kier alpha value is -0.610. The van der Waals surface area contributed by atoms with Gasteiger partial charge in [-0.2, -0.15) is 0 Å². The molecule has 0 spiro atoms. The van der Waals surface area contributed by atoms with Crippen LogP contribution in [0.1, 0.15) is 13.3 Å². The molecule has 1 unspecified atom stereocenters. The number of nitrogens with one attached hydrogen (secondary N) is 2. The van der Waals surface area contributed by atoms with E-state index in [1.54, 1.807) is 14.0 Å². The van der Waals surface area contributed by atoms with Gasteiger partial charge in [-0.05, 0) is 19.9 Å². The molecule has 3 N–H and O–H groups in total. The molecule has 0 bridgehead atoms. The van der Waals surface area contributed by atoms with Crippen molar-refractivity contribution in [2.24, 2.45) is 0 Å². The summed E-state index contributed by atoms with van der Waals surface area (Å²) in [5, 5.41) is 14.2. The van der Waals surface area contributed by atoms with E-state index in [2.05, 4.69) is 10.6 Å². The Morgan fingerprint density at radius 1 is 1.64 bits per heavy atom. The molecule has 0 fully saturated rings. The Kier molecular flexibility index (Phi) is 5.78. The Morgan fingerprint density at radius 3 is 2.73 bits per heavy atom. The fraction of sp³-hybridized carbons (Fsp3) is 0.857. The highest BCUT2D eigenvalue weighted by Gasteiger charge is 1.97. The highest BCUT2D eigenvalue weighted by molar-refractivity contribution is 5.77. The Bertz CT molecular complexity index is 115. The van der Waals surface area contributed by atoms with Gasteiger partial charge in [0, 0.05) is 7.05 Å². The first-order valence-electron chi connectivity index (χ1n) is 3.76. The molecule has 66 valence electrons. The van der Waals surface area contributed by atoms with Crippen LogP contribution in [-0.4, -0.2) is 37.3 Å². The zero-order chi connectivity index (χ0) is 8.69. The SMILES string of the molecule is CNC(=O)CNCCC(C)O. The molecule has 0 aliphatic carbocycles. The van der Waals surface area contributed by atoms with E-state index in [4.69, 9.17) is 5.11 Å². The van der Waals surface area contributed by atoms with Crippen LogP contribution in [0, 0.1) is 0 Å². The maximum absolute atomic E-state index is 10.6. The summed E-state index contributed by atoms with van der Waals surface area (Å²) in [6.07, 6.45) is 0.379. The second kappa shape index (κ2) is 6.12. The third kappa shape index (κ3) is 7.29. The number of hydrogen-bond donors (Lipinski definition) is 3. The molecular formula is C7H16N2O2. The lowest BCUT2D eigenvalue weighted by molar-refractivity contribution is -0.119. The summed E-state index contributed by atoms with van der Waals surface area (Å²) in [4.78, 5) is 10.6. The first-order chi connectivity index (χ1) is 5.16. The summed E-state index contributed by atoms with van der Waals surface area (Å²) in [7, 11) is 1.60. The van der Waals surface area contributed by atoms with Crippen molar-refractivity contribution >= 4 is 5.91 Å². The fourth-order valence-electron chi connectivity index (χ4n) is 0.601. The van der Waals surface area contributed by atoms with E-state index in [-0.39, 0.29) is 12.0 Å². The van der Waals surface area contributed by atoms with Gasteiger partial charge in [-0.1, -0.05) is 0 Å². The van der Waals surface area contributed by atoms with Gasteiger partial charge < -0.3 is 15.7 Å². The zero-order valence-corrected chi connectivity index (χ0v) is 7.05. The number of hydrogen-bond acceptors (Lipinski definition) is 3. The third-order valence-corrected chi connectivity index (χ3v) is 1.30. The standard InChI is InChI=1S/C7H16N2O2/c1-6(10)3-4-9-5-7(11)8-2/h6,9-10H,3-5H2,1-2H3,(H,8,11). The van der Waals surface area contributed by atoms with Crippen LogP contribution in [0.25, 0.3) is 0 Å². The van der Waals surface area contributed by atoms with E-state index in [0.717, 1.165) is 0 Å². The molecule has 0 saturated heterocycles. The minimum Gasteiger partial charge on any atom is -0.393 e. The molecule has 0 aromatic heterocycles. The van der Waals surface area contributed by atoms with Gasteiger partial charge in [0.2, 0.25) is 5.91 Å². The molecule has 0 aliphatic rings. The van der Waals surface area contributed by atoms with E-state index in [1.165, 1.54) is 0 Å². The van der Waals surface area contributed by atoms with Gasteiger partial charge in [-0.15, -0.1) is 0 Å². The van der Waals surface area contributed by atoms with Crippen molar-refractivity contribution < 1.29 is 9.90 Å². The van der Waals surface area contributed by atoms with Crippen molar-refractivity contribution in [3.8, 4) is 0 Å². The number of amides is 1. The van der Waals surface area contributed by atoms with E-state index in [1.807, 2.05) is 0 Å². The second-order valence-electron chi connectivity index (χ2n) is 2.49. The number of likely N-dealkylation sites (N-methyl/N-ethyl adjacent to an activating group) is 1. The molecule has 0 aromatic carbocycles. The van der Waals surface area contributed by atoms with Crippen molar-refractivity contribution in [2.45, 2.75) is 19.4 Å². The van der Waals surface area contributed by atoms with Crippen molar-refractivity contribution in [1.29, 1.82) is 0 Å². The molecule has 0 saturated carbocycles. The summed E-state index contributed by atoms with van der Waals surface area (Å²) in [5.74, 6) is -0.0319. The van der Waals surface area contributed by atoms with Gasteiger partial charge in [0.15, 0.2) is 0 Å². The van der Waals surface area contributed by atoms with E-state index in [9.17, 15) is 4.79 Å². The number of aliphatic hydroxyl groups excluding tert-OH is 1. The number of carbonyl (C=O) groups excluding carboxylic acids is 1. The second-order valence-corrected chi connectivity index (χ2v) is 2.49. The average molecular weight is 160 g/mol. The smallest absolute Gasteiger partial charge is 0.233 e. The summed E-state index contributed by atoms with van der Waals surface area (Å²) in [6, 6.07) is 0. The van der Waals surface area contributed by atoms with Gasteiger partial charge in [0.25, 0.3) is 0 Å². The third-order valence-electron chi connectivity index (χ3n) is 1.30. The van der Waals surface area contributed by atoms with Crippen molar-refractivity contribution in [3.05, 3.63) is 0 Å². The van der Waals surface area contributed by atoms with Gasteiger partial charge >= 0.3 is 0 Å². The van der Waals surface area contributed by atoms with E-state index < -0.39 is 0 Å². The lowest BCUT2D eigenvalue weighted by atomic mass is 10.3. The first kappa shape index (κ1) is 10.4. The normalized spacial score (nSPS) is 12.6. The van der Waals surface area contributed by atoms with Gasteiger partial charge in [0.1, 0.15) is 0 Å². The fourth-order valence-corrected chi connectivity index (χ4v) is 0.601. The first-order valence-corrected chi connectivity index (χ1v) is 3.76. The lowest BCUT2D eigenvalue weighted by Gasteiger charge is -2.04. The maximum Gasteiger partial charge on any atom is 0.233 e.